The highest BCUT2D eigenvalue weighted by Crippen LogP contribution is 2.39. The fourth-order valence-electron chi connectivity index (χ4n) is 2.16. The predicted molar refractivity (Wildman–Crippen MR) is 101 cm³/mol. The second-order valence-electron chi connectivity index (χ2n) is 7.79. The summed E-state index contributed by atoms with van der Waals surface area (Å²) in [5, 5.41) is 9.53. The Morgan fingerprint density at radius 3 is 2.09 bits per heavy atom. The van der Waals surface area contributed by atoms with E-state index in [0.29, 0.717) is 6.42 Å². The van der Waals surface area contributed by atoms with Gasteiger partial charge in [0.15, 0.2) is 8.32 Å². The number of carbonyl (C=O) groups is 1. The summed E-state index contributed by atoms with van der Waals surface area (Å²) < 4.78 is 12.1. The zero-order chi connectivity index (χ0) is 18.4. The largest absolute Gasteiger partial charge is 0.461 e. The van der Waals surface area contributed by atoms with Gasteiger partial charge in [-0.1, -0.05) is 50.5 Å². The molecule has 0 aliphatic heterocycles. The molecule has 0 radical (unpaired) electrons. The lowest BCUT2D eigenvalue weighted by atomic mass is 9.94. The van der Waals surface area contributed by atoms with Crippen LogP contribution in [-0.4, -0.2) is 43.0 Å². The van der Waals surface area contributed by atoms with Gasteiger partial charge in [0, 0.05) is 12.5 Å². The predicted octanol–water partition coefficient (Wildman–Crippen LogP) is 4.50. The molecule has 0 aromatic carbocycles. The van der Waals surface area contributed by atoms with E-state index < -0.39 is 8.32 Å². The minimum Gasteiger partial charge on any atom is -0.461 e. The molecule has 0 spiro atoms. The SMILES string of the molecule is CC[C@@H](OC(=O)C(C)Br)[C@H](C)[C@H](CCO)O[Si](C)(C)C(C)(C)C. The van der Waals surface area contributed by atoms with Gasteiger partial charge in [0.2, 0.25) is 0 Å². The summed E-state index contributed by atoms with van der Waals surface area (Å²) in [6.07, 6.45) is 0.981. The monoisotopic (exact) mass is 410 g/mol. The van der Waals surface area contributed by atoms with Crippen molar-refractivity contribution in [2.45, 2.75) is 89.6 Å². The third kappa shape index (κ3) is 7.24. The molecule has 0 aliphatic rings. The molecule has 6 heteroatoms. The highest BCUT2D eigenvalue weighted by Gasteiger charge is 2.41. The average molecular weight is 411 g/mol. The van der Waals surface area contributed by atoms with Gasteiger partial charge < -0.3 is 14.3 Å². The number of hydrogen-bond donors (Lipinski definition) is 1. The molecule has 0 saturated carbocycles. The molecular formula is C17H35BrO4Si. The van der Waals surface area contributed by atoms with Crippen molar-refractivity contribution in [3.8, 4) is 0 Å². The van der Waals surface area contributed by atoms with Gasteiger partial charge in [-0.2, -0.15) is 0 Å². The molecule has 0 rings (SSSR count). The van der Waals surface area contributed by atoms with E-state index in [4.69, 9.17) is 9.16 Å². The van der Waals surface area contributed by atoms with Crippen molar-refractivity contribution >= 4 is 30.2 Å². The summed E-state index contributed by atoms with van der Waals surface area (Å²) in [6, 6.07) is 0. The van der Waals surface area contributed by atoms with Crippen molar-refractivity contribution in [2.75, 3.05) is 6.61 Å². The van der Waals surface area contributed by atoms with E-state index in [9.17, 15) is 9.90 Å². The first-order chi connectivity index (χ1) is 10.4. The van der Waals surface area contributed by atoms with Crippen LogP contribution in [0.15, 0.2) is 0 Å². The quantitative estimate of drug-likeness (QED) is 0.345. The zero-order valence-electron chi connectivity index (χ0n) is 16.0. The molecule has 0 aromatic heterocycles. The number of esters is 1. The highest BCUT2D eigenvalue weighted by molar-refractivity contribution is 9.10. The third-order valence-corrected chi connectivity index (χ3v) is 9.71. The van der Waals surface area contributed by atoms with Gasteiger partial charge in [0.25, 0.3) is 0 Å². The van der Waals surface area contributed by atoms with Gasteiger partial charge in [-0.15, -0.1) is 0 Å². The maximum atomic E-state index is 11.9. The first kappa shape index (κ1) is 23.1. The molecule has 0 fully saturated rings. The minimum atomic E-state index is -1.95. The van der Waals surface area contributed by atoms with Crippen LogP contribution < -0.4 is 0 Å². The van der Waals surface area contributed by atoms with Crippen LogP contribution in [0.5, 0.6) is 0 Å². The summed E-state index contributed by atoms with van der Waals surface area (Å²) in [5.74, 6) is -0.213. The Bertz CT molecular complexity index is 366. The maximum Gasteiger partial charge on any atom is 0.319 e. The Hall–Kier alpha value is 0.0869. The van der Waals surface area contributed by atoms with Crippen molar-refractivity contribution in [2.24, 2.45) is 5.92 Å². The number of halogens is 1. The van der Waals surface area contributed by atoms with E-state index in [2.05, 4.69) is 49.8 Å². The van der Waals surface area contributed by atoms with Gasteiger partial charge in [-0.3, -0.25) is 4.79 Å². The van der Waals surface area contributed by atoms with Crippen LogP contribution in [0.3, 0.4) is 0 Å². The maximum absolute atomic E-state index is 11.9. The van der Waals surface area contributed by atoms with Gasteiger partial charge in [0.05, 0.1) is 6.10 Å². The van der Waals surface area contributed by atoms with Crippen molar-refractivity contribution in [3.63, 3.8) is 0 Å². The molecule has 0 saturated heterocycles. The van der Waals surface area contributed by atoms with E-state index in [-0.39, 0.29) is 40.6 Å². The average Bonchev–Trinajstić information content (AvgIpc) is 2.41. The molecule has 4 atom stereocenters. The van der Waals surface area contributed by atoms with Crippen LogP contribution in [-0.2, 0) is 14.0 Å². The second kappa shape index (κ2) is 9.54. The molecule has 0 amide bonds. The molecule has 0 aliphatic carbocycles. The van der Waals surface area contributed by atoms with Gasteiger partial charge in [-0.05, 0) is 37.9 Å². The first-order valence-electron chi connectivity index (χ1n) is 8.50. The lowest BCUT2D eigenvalue weighted by Crippen LogP contribution is -2.48. The lowest BCUT2D eigenvalue weighted by Gasteiger charge is -2.42. The van der Waals surface area contributed by atoms with Gasteiger partial charge >= 0.3 is 5.97 Å². The fraction of sp³-hybridized carbons (Fsp3) is 0.941. The van der Waals surface area contributed by atoms with Crippen molar-refractivity contribution in [1.29, 1.82) is 0 Å². The zero-order valence-corrected chi connectivity index (χ0v) is 18.6. The number of aliphatic hydroxyl groups is 1. The van der Waals surface area contributed by atoms with Gasteiger partial charge in [0.1, 0.15) is 10.9 Å². The number of aliphatic hydroxyl groups excluding tert-OH is 1. The molecule has 0 bridgehead atoms. The number of hydrogen-bond acceptors (Lipinski definition) is 4. The van der Waals surface area contributed by atoms with E-state index in [1.54, 1.807) is 6.92 Å². The van der Waals surface area contributed by atoms with Crippen molar-refractivity contribution in [1.82, 2.24) is 0 Å². The van der Waals surface area contributed by atoms with E-state index in [1.165, 1.54) is 0 Å². The molecule has 1 N–H and O–H groups in total. The molecule has 0 aromatic rings. The van der Waals surface area contributed by atoms with Crippen molar-refractivity contribution in [3.05, 3.63) is 0 Å². The Kier molecular flexibility index (Phi) is 9.58. The third-order valence-electron chi connectivity index (χ3n) is 4.83. The highest BCUT2D eigenvalue weighted by atomic mass is 79.9. The summed E-state index contributed by atoms with van der Waals surface area (Å²) in [4.78, 5) is 11.6. The summed E-state index contributed by atoms with van der Waals surface area (Å²) in [7, 11) is -1.95. The fourth-order valence-corrected chi connectivity index (χ4v) is 3.71. The van der Waals surface area contributed by atoms with Crippen LogP contribution in [0.2, 0.25) is 18.1 Å². The number of rotatable bonds is 9. The van der Waals surface area contributed by atoms with Crippen LogP contribution in [0.4, 0.5) is 0 Å². The molecule has 0 heterocycles. The summed E-state index contributed by atoms with van der Waals surface area (Å²) in [5.41, 5.74) is 0. The normalized spacial score (nSPS) is 18.2. The molecule has 138 valence electrons. The molecule has 1 unspecified atom stereocenters. The minimum absolute atomic E-state index is 0.0384. The Morgan fingerprint density at radius 2 is 1.74 bits per heavy atom. The van der Waals surface area contributed by atoms with E-state index in [0.717, 1.165) is 6.42 Å². The van der Waals surface area contributed by atoms with Crippen LogP contribution >= 0.6 is 15.9 Å². The Balaban J connectivity index is 5.15. The number of alkyl halides is 1. The molecule has 23 heavy (non-hydrogen) atoms. The van der Waals surface area contributed by atoms with Crippen LogP contribution in [0.1, 0.15) is 54.4 Å². The van der Waals surface area contributed by atoms with Crippen molar-refractivity contribution < 1.29 is 19.1 Å². The van der Waals surface area contributed by atoms with Crippen LogP contribution in [0, 0.1) is 5.92 Å². The Morgan fingerprint density at radius 1 is 1.22 bits per heavy atom. The molecular weight excluding hydrogens is 376 g/mol. The van der Waals surface area contributed by atoms with E-state index >= 15 is 0 Å². The Labute approximate surface area is 151 Å². The number of carbonyl (C=O) groups excluding carboxylic acids is 1. The molecule has 4 nitrogen and oxygen atoms in total. The second-order valence-corrected chi connectivity index (χ2v) is 13.9. The standard InChI is InChI=1S/C17H35BrO4Si/c1-9-14(21-16(20)13(3)18)12(2)15(10-11-19)22-23(7,8)17(4,5)6/h12-15,19H,9-11H2,1-8H3/t12-,13?,14+,15-/m0/s1. The van der Waals surface area contributed by atoms with E-state index in [1.807, 2.05) is 13.8 Å². The lowest BCUT2D eigenvalue weighted by molar-refractivity contribution is -0.152. The summed E-state index contributed by atoms with van der Waals surface area (Å²) in [6.45, 7) is 16.9. The van der Waals surface area contributed by atoms with Gasteiger partial charge in [-0.25, -0.2) is 0 Å². The smallest absolute Gasteiger partial charge is 0.319 e. The van der Waals surface area contributed by atoms with Crippen LogP contribution in [0.25, 0.3) is 0 Å². The number of ether oxygens (including phenoxy) is 1. The topological polar surface area (TPSA) is 55.8 Å². The summed E-state index contributed by atoms with van der Waals surface area (Å²) >= 11 is 3.25. The first-order valence-corrected chi connectivity index (χ1v) is 12.3.